The number of carboxylic acids is 1. The van der Waals surface area contributed by atoms with Crippen LogP contribution in [0, 0.1) is 19.8 Å². The van der Waals surface area contributed by atoms with Gasteiger partial charge in [-0.15, -0.1) is 0 Å². The lowest BCUT2D eigenvalue weighted by Gasteiger charge is -2.17. The van der Waals surface area contributed by atoms with Crippen LogP contribution in [0.2, 0.25) is 0 Å². The first kappa shape index (κ1) is 37.1. The van der Waals surface area contributed by atoms with Crippen molar-refractivity contribution in [2.24, 2.45) is 10.9 Å². The number of nitrogens with one attached hydrogen (secondary N) is 3. The predicted molar refractivity (Wildman–Crippen MR) is 209 cm³/mol. The molecule has 1 unspecified atom stereocenters. The maximum absolute atomic E-state index is 13.6. The second-order valence-corrected chi connectivity index (χ2v) is 14.9. The number of hydrogen-bond donors (Lipinski definition) is 5. The lowest BCUT2D eigenvalue weighted by atomic mass is 9.94. The first-order valence-corrected chi connectivity index (χ1v) is 19.1. The number of aliphatic imine (C=N–C) groups is 1. The van der Waals surface area contributed by atoms with E-state index in [1.54, 1.807) is 12.3 Å². The van der Waals surface area contributed by atoms with Gasteiger partial charge in [0.1, 0.15) is 17.3 Å². The van der Waals surface area contributed by atoms with Crippen molar-refractivity contribution in [1.82, 2.24) is 15.3 Å². The Morgan fingerprint density at radius 2 is 1.31 bits per heavy atom. The molecule has 2 aromatic heterocycles. The Morgan fingerprint density at radius 3 is 1.81 bits per heavy atom. The van der Waals surface area contributed by atoms with Crippen LogP contribution in [0.1, 0.15) is 118 Å². The second-order valence-electron chi connectivity index (χ2n) is 14.9. The van der Waals surface area contributed by atoms with Crippen molar-refractivity contribution < 1.29 is 24.6 Å². The van der Waals surface area contributed by atoms with Gasteiger partial charge >= 0.3 is 5.97 Å². The van der Waals surface area contributed by atoms with Gasteiger partial charge in [0.15, 0.2) is 0 Å². The number of carboxylic acid groups (broad SMARTS) is 1. The number of pyridine rings is 2. The molecule has 0 saturated heterocycles. The fourth-order valence-corrected chi connectivity index (χ4v) is 7.43. The molecular formula is C43H48N6O5. The van der Waals surface area contributed by atoms with E-state index < -0.39 is 18.5 Å². The molecule has 0 radical (unpaired) electrons. The minimum absolute atomic E-state index is 0.215. The van der Waals surface area contributed by atoms with Crippen LogP contribution in [-0.4, -0.2) is 56.8 Å². The van der Waals surface area contributed by atoms with Gasteiger partial charge < -0.3 is 26.2 Å². The molecule has 1 atom stereocenters. The summed E-state index contributed by atoms with van der Waals surface area (Å²) in [6, 6.07) is 15.9. The van der Waals surface area contributed by atoms with E-state index in [4.69, 9.17) is 0 Å². The number of amides is 2. The molecule has 54 heavy (non-hydrogen) atoms. The summed E-state index contributed by atoms with van der Waals surface area (Å²) >= 11 is 0. The fraction of sp³-hybridized carbons (Fsp3) is 0.395. The Kier molecular flexibility index (Phi) is 11.3. The number of benzene rings is 2. The third kappa shape index (κ3) is 8.58. The van der Waals surface area contributed by atoms with E-state index in [1.165, 1.54) is 43.0 Å². The summed E-state index contributed by atoms with van der Waals surface area (Å²) < 4.78 is 0. The molecule has 280 valence electrons. The predicted octanol–water partition coefficient (Wildman–Crippen LogP) is 7.32. The van der Waals surface area contributed by atoms with Crippen molar-refractivity contribution in [3.63, 3.8) is 0 Å². The largest absolute Gasteiger partial charge is 0.481 e. The first-order valence-electron chi connectivity index (χ1n) is 19.1. The van der Waals surface area contributed by atoms with E-state index in [1.807, 2.05) is 62.5 Å². The number of hydrogen-bond acceptors (Lipinski definition) is 8. The van der Waals surface area contributed by atoms with Crippen molar-refractivity contribution in [1.29, 1.82) is 0 Å². The highest BCUT2D eigenvalue weighted by molar-refractivity contribution is 6.05. The molecular weight excluding hydrogens is 681 g/mol. The van der Waals surface area contributed by atoms with Crippen molar-refractivity contribution in [3.05, 3.63) is 106 Å². The second kappa shape index (κ2) is 16.4. The molecule has 3 fully saturated rings. The summed E-state index contributed by atoms with van der Waals surface area (Å²) in [5.41, 5.74) is 9.92. The van der Waals surface area contributed by atoms with E-state index in [2.05, 4.69) is 30.9 Å². The van der Waals surface area contributed by atoms with Crippen molar-refractivity contribution >= 4 is 35.4 Å². The highest BCUT2D eigenvalue weighted by Gasteiger charge is 2.29. The average molecular weight is 729 g/mol. The quantitative estimate of drug-likeness (QED) is 0.0795. The van der Waals surface area contributed by atoms with Crippen LogP contribution < -0.4 is 16.0 Å². The van der Waals surface area contributed by atoms with E-state index in [0.717, 1.165) is 65.6 Å². The zero-order chi connectivity index (χ0) is 37.8. The van der Waals surface area contributed by atoms with E-state index in [9.17, 15) is 24.6 Å². The molecule has 7 rings (SSSR count). The summed E-state index contributed by atoms with van der Waals surface area (Å²) in [5.74, 6) is -1.98. The minimum Gasteiger partial charge on any atom is -0.481 e. The summed E-state index contributed by atoms with van der Waals surface area (Å²) in [5, 5.41) is 28.3. The molecule has 2 amide bonds. The van der Waals surface area contributed by atoms with E-state index in [-0.39, 0.29) is 24.1 Å². The Morgan fingerprint density at radius 1 is 0.796 bits per heavy atom. The molecule has 0 aliphatic heterocycles. The van der Waals surface area contributed by atoms with Crippen molar-refractivity contribution in [3.8, 4) is 11.1 Å². The molecule has 11 nitrogen and oxygen atoms in total. The zero-order valence-corrected chi connectivity index (χ0v) is 30.9. The van der Waals surface area contributed by atoms with Gasteiger partial charge in [0.05, 0.1) is 13.2 Å². The lowest BCUT2D eigenvalue weighted by Crippen LogP contribution is -2.26. The van der Waals surface area contributed by atoms with Crippen LogP contribution in [0.25, 0.3) is 11.1 Å². The van der Waals surface area contributed by atoms with Gasteiger partial charge in [0.25, 0.3) is 11.8 Å². The monoisotopic (exact) mass is 728 g/mol. The highest BCUT2D eigenvalue weighted by atomic mass is 16.4. The number of carbonyl (C=O) groups excluding carboxylic acids is 2. The molecule has 0 bridgehead atoms. The van der Waals surface area contributed by atoms with E-state index >= 15 is 0 Å². The van der Waals surface area contributed by atoms with Crippen LogP contribution in [0.4, 0.5) is 11.4 Å². The number of carbonyl (C=O) groups is 3. The average Bonchev–Trinajstić information content (AvgIpc) is 4.12. The smallest absolute Gasteiger partial charge is 0.314 e. The molecule has 0 spiro atoms. The highest BCUT2D eigenvalue weighted by Crippen LogP contribution is 2.43. The molecule has 2 heterocycles. The number of aliphatic carboxylic acids is 1. The number of aliphatic hydroxyl groups is 1. The summed E-state index contributed by atoms with van der Waals surface area (Å²) in [6.07, 6.45) is 14.1. The summed E-state index contributed by atoms with van der Waals surface area (Å²) in [4.78, 5) is 51.6. The first-order chi connectivity index (χ1) is 26.2. The maximum Gasteiger partial charge on any atom is 0.314 e. The van der Waals surface area contributed by atoms with Crippen LogP contribution in [0.3, 0.4) is 0 Å². The Balaban J connectivity index is 1.05. The summed E-state index contributed by atoms with van der Waals surface area (Å²) in [7, 11) is 0. The Bertz CT molecular complexity index is 2080. The normalized spacial score (nSPS) is 16.4. The van der Waals surface area contributed by atoms with Crippen molar-refractivity contribution in [2.45, 2.75) is 96.2 Å². The molecule has 4 aromatic rings. The Hall–Kier alpha value is -5.26. The number of anilines is 2. The van der Waals surface area contributed by atoms with Crippen LogP contribution in [0.5, 0.6) is 0 Å². The zero-order valence-electron chi connectivity index (χ0n) is 30.9. The molecule has 5 N–H and O–H groups in total. The van der Waals surface area contributed by atoms with Crippen molar-refractivity contribution in [2.75, 3.05) is 17.2 Å². The lowest BCUT2D eigenvalue weighted by molar-refractivity contribution is -0.140. The van der Waals surface area contributed by atoms with Gasteiger partial charge in [-0.05, 0) is 133 Å². The maximum atomic E-state index is 13.6. The van der Waals surface area contributed by atoms with Crippen LogP contribution in [0.15, 0.2) is 65.9 Å². The third-order valence-corrected chi connectivity index (χ3v) is 11.0. The van der Waals surface area contributed by atoms with Crippen LogP contribution >= 0.6 is 0 Å². The van der Waals surface area contributed by atoms with Crippen LogP contribution in [-0.2, 0) is 17.9 Å². The minimum atomic E-state index is -1.14. The number of aliphatic hydroxyl groups excluding tert-OH is 1. The molecule has 3 aliphatic rings. The van der Waals surface area contributed by atoms with Gasteiger partial charge in [-0.1, -0.05) is 37.1 Å². The van der Waals surface area contributed by atoms with Gasteiger partial charge in [0.2, 0.25) is 0 Å². The number of aromatic nitrogens is 2. The number of nitrogens with zero attached hydrogens (tertiary/aromatic N) is 3. The fourth-order valence-electron chi connectivity index (χ4n) is 7.43. The van der Waals surface area contributed by atoms with E-state index in [0.29, 0.717) is 34.9 Å². The van der Waals surface area contributed by atoms with Gasteiger partial charge in [-0.2, -0.15) is 0 Å². The standard InChI is InChI=1S/C43H48N6O5/c1-25-33(9-5-11-37(25)48-41(51)39-17-35(27-13-14-27)29(22-46-39)19-44-20-31(24-50)43(53)54)34-10-6-12-38(26(34)2)49-42(52)40-18-36(28-15-16-28)30(23-47-40)21-45-32-7-3-4-8-32/h5-6,9-12,17-18,20,22-23,27-28,31-32,45,50H,3-4,7-8,13-16,19,21,24H2,1-2H3,(H,48,51)(H,49,52)(H,53,54)/b44-20+. The number of rotatable bonds is 15. The summed E-state index contributed by atoms with van der Waals surface area (Å²) in [6.45, 7) is 4.42. The van der Waals surface area contributed by atoms with Gasteiger partial charge in [-0.3, -0.25) is 29.3 Å². The molecule has 3 aliphatic carbocycles. The van der Waals surface area contributed by atoms with Gasteiger partial charge in [-0.25, -0.2) is 0 Å². The SMILES string of the molecule is Cc1c(NC(=O)c2cc(C3CC3)c(C/N=C/C(CO)C(=O)O)cn2)cccc1-c1cccc(NC(=O)c2cc(C3CC3)c(CNC3CCCC3)cn2)c1C. The molecule has 2 aromatic carbocycles. The molecule has 11 heteroatoms. The Labute approximate surface area is 315 Å². The third-order valence-electron chi connectivity index (χ3n) is 11.0. The molecule has 3 saturated carbocycles. The van der Waals surface area contributed by atoms with Gasteiger partial charge in [0, 0.05) is 42.6 Å². The topological polar surface area (TPSA) is 166 Å².